The highest BCUT2D eigenvalue weighted by atomic mass is 15.0. The van der Waals surface area contributed by atoms with Crippen LogP contribution in [0.3, 0.4) is 0 Å². The Morgan fingerprint density at radius 2 is 0.857 bits per heavy atom. The number of nitrogens with one attached hydrogen (secondary N) is 2. The Morgan fingerprint density at radius 1 is 0.429 bits per heavy atom. The maximum Gasteiger partial charge on any atom is 0.164 e. The summed E-state index contributed by atoms with van der Waals surface area (Å²) < 4.78 is 0. The van der Waals surface area contributed by atoms with Crippen LogP contribution in [-0.4, -0.2) is 20.7 Å². The van der Waals surface area contributed by atoms with Gasteiger partial charge in [-0.05, 0) is 22.8 Å². The zero-order valence-electron chi connectivity index (χ0n) is 26.6. The van der Waals surface area contributed by atoms with Crippen LogP contribution in [-0.2, 0) is 0 Å². The predicted molar refractivity (Wildman–Crippen MR) is 200 cm³/mol. The first-order valence-corrected chi connectivity index (χ1v) is 16.2. The Hall–Kier alpha value is -6.72. The van der Waals surface area contributed by atoms with Crippen molar-refractivity contribution < 1.29 is 0 Å². The molecular formula is C44H31N5. The monoisotopic (exact) mass is 629 g/mol. The molecule has 2 heterocycles. The third-order valence-electron chi connectivity index (χ3n) is 8.57. The zero-order valence-corrected chi connectivity index (χ0v) is 26.6. The fourth-order valence-corrected chi connectivity index (χ4v) is 6.10. The van der Waals surface area contributed by atoms with Crippen LogP contribution in [0.1, 0.15) is 27.8 Å². The molecule has 0 saturated carbocycles. The highest BCUT2D eigenvalue weighted by molar-refractivity contribution is 6.36. The smallest absolute Gasteiger partial charge is 0.164 e. The summed E-state index contributed by atoms with van der Waals surface area (Å²) in [6, 6.07) is 56.8. The SMILES string of the molecule is N=C(/C(=C1\NC(c2ccc(-c3nc(-c4ccccc4)nc(-c4ccccc4)n3)cc2)=Cc2ccccc21)c1ccccc1)c1ccccc1. The summed E-state index contributed by atoms with van der Waals surface area (Å²) >= 11 is 0. The van der Waals surface area contributed by atoms with E-state index in [4.69, 9.17) is 15.0 Å². The molecule has 1 aliphatic heterocycles. The molecule has 0 fully saturated rings. The average Bonchev–Trinajstić information content (AvgIpc) is 3.19. The van der Waals surface area contributed by atoms with Gasteiger partial charge in [-0.3, -0.25) is 5.41 Å². The number of hydrogen-bond acceptors (Lipinski definition) is 5. The minimum absolute atomic E-state index is 0.457. The van der Waals surface area contributed by atoms with Crippen LogP contribution in [0, 0.1) is 5.41 Å². The number of aromatic nitrogens is 3. The van der Waals surface area contributed by atoms with E-state index in [2.05, 4.69) is 66.0 Å². The highest BCUT2D eigenvalue weighted by Gasteiger charge is 2.23. The van der Waals surface area contributed by atoms with E-state index in [0.717, 1.165) is 61.5 Å². The Balaban J connectivity index is 1.21. The molecule has 0 saturated heterocycles. The van der Waals surface area contributed by atoms with Gasteiger partial charge in [0, 0.05) is 39.1 Å². The lowest BCUT2D eigenvalue weighted by Crippen LogP contribution is -2.20. The second kappa shape index (κ2) is 13.2. The van der Waals surface area contributed by atoms with Gasteiger partial charge in [0.25, 0.3) is 0 Å². The summed E-state index contributed by atoms with van der Waals surface area (Å²) in [5, 5.41) is 13.2. The molecule has 5 nitrogen and oxygen atoms in total. The van der Waals surface area contributed by atoms with Crippen LogP contribution in [0.5, 0.6) is 0 Å². The van der Waals surface area contributed by atoms with Crippen LogP contribution in [0.25, 0.3) is 57.2 Å². The summed E-state index contributed by atoms with van der Waals surface area (Å²) in [7, 11) is 0. The standard InChI is InChI=1S/C44H31N5/c45-40(32-17-7-2-8-18-32)39(31-15-5-1-6-16-31)41-37-24-14-13-23-36(37)29-38(46-41)30-25-27-35(28-26-30)44-48-42(33-19-9-3-10-20-33)47-43(49-44)34-21-11-4-12-22-34/h1-29,45-46H/b41-39-,45-40?. The van der Waals surface area contributed by atoms with Crippen molar-refractivity contribution in [3.8, 4) is 34.2 Å². The lowest BCUT2D eigenvalue weighted by molar-refractivity contribution is 1.07. The van der Waals surface area contributed by atoms with Crippen LogP contribution in [0.15, 0.2) is 170 Å². The van der Waals surface area contributed by atoms with Gasteiger partial charge in [0.05, 0.1) is 11.4 Å². The highest BCUT2D eigenvalue weighted by Crippen LogP contribution is 2.36. The summed E-state index contributed by atoms with van der Waals surface area (Å²) in [5.41, 5.74) is 10.9. The van der Waals surface area contributed by atoms with Gasteiger partial charge in [0.15, 0.2) is 17.5 Å². The molecule has 0 unspecified atom stereocenters. The quantitative estimate of drug-likeness (QED) is 0.172. The average molecular weight is 630 g/mol. The van der Waals surface area contributed by atoms with E-state index in [-0.39, 0.29) is 0 Å². The van der Waals surface area contributed by atoms with Gasteiger partial charge in [0.2, 0.25) is 0 Å². The number of rotatable bonds is 7. The van der Waals surface area contributed by atoms with Crippen molar-refractivity contribution in [1.82, 2.24) is 20.3 Å². The summed E-state index contributed by atoms with van der Waals surface area (Å²) in [5.74, 6) is 1.87. The summed E-state index contributed by atoms with van der Waals surface area (Å²) in [6.45, 7) is 0. The number of allylic oxidation sites excluding steroid dienone is 1. The first-order valence-electron chi connectivity index (χ1n) is 16.2. The van der Waals surface area contributed by atoms with E-state index < -0.39 is 0 Å². The molecule has 1 aromatic heterocycles. The van der Waals surface area contributed by atoms with Crippen molar-refractivity contribution in [3.63, 3.8) is 0 Å². The lowest BCUT2D eigenvalue weighted by atomic mass is 9.88. The third kappa shape index (κ3) is 6.09. The molecule has 0 atom stereocenters. The Bertz CT molecular complexity index is 2270. The van der Waals surface area contributed by atoms with Gasteiger partial charge in [-0.2, -0.15) is 0 Å². The van der Waals surface area contributed by atoms with E-state index in [1.807, 2.05) is 115 Å². The normalized spacial score (nSPS) is 13.1. The molecule has 0 amide bonds. The molecule has 5 heteroatoms. The molecule has 2 N–H and O–H groups in total. The molecule has 7 aromatic rings. The van der Waals surface area contributed by atoms with E-state index in [0.29, 0.717) is 23.2 Å². The second-order valence-electron chi connectivity index (χ2n) is 11.7. The Kier molecular flexibility index (Phi) is 7.98. The number of benzene rings is 6. The van der Waals surface area contributed by atoms with Crippen LogP contribution in [0.2, 0.25) is 0 Å². The van der Waals surface area contributed by atoms with E-state index >= 15 is 0 Å². The molecule has 6 aromatic carbocycles. The maximum atomic E-state index is 9.42. The molecule has 0 spiro atoms. The maximum absolute atomic E-state index is 9.42. The topological polar surface area (TPSA) is 74.6 Å². The number of hydrogen-bond donors (Lipinski definition) is 2. The number of nitrogens with zero attached hydrogens (tertiary/aromatic N) is 3. The van der Waals surface area contributed by atoms with Gasteiger partial charge in [-0.1, -0.05) is 170 Å². The minimum atomic E-state index is 0.457. The van der Waals surface area contributed by atoms with Crippen LogP contribution in [0.4, 0.5) is 0 Å². The van der Waals surface area contributed by atoms with Crippen molar-refractivity contribution in [1.29, 1.82) is 5.41 Å². The van der Waals surface area contributed by atoms with Gasteiger partial charge in [-0.15, -0.1) is 0 Å². The minimum Gasteiger partial charge on any atom is -0.354 e. The van der Waals surface area contributed by atoms with Crippen LogP contribution >= 0.6 is 0 Å². The molecule has 49 heavy (non-hydrogen) atoms. The predicted octanol–water partition coefficient (Wildman–Crippen LogP) is 9.91. The van der Waals surface area contributed by atoms with E-state index in [9.17, 15) is 5.41 Å². The molecule has 0 bridgehead atoms. The van der Waals surface area contributed by atoms with Crippen LogP contribution < -0.4 is 5.32 Å². The van der Waals surface area contributed by atoms with Crippen molar-refractivity contribution in [3.05, 3.63) is 198 Å². The fourth-order valence-electron chi connectivity index (χ4n) is 6.10. The van der Waals surface area contributed by atoms with E-state index in [1.165, 1.54) is 0 Å². The largest absolute Gasteiger partial charge is 0.354 e. The van der Waals surface area contributed by atoms with Crippen molar-refractivity contribution in [2.24, 2.45) is 0 Å². The van der Waals surface area contributed by atoms with Gasteiger partial charge >= 0.3 is 0 Å². The first-order chi connectivity index (χ1) is 24.2. The molecular weight excluding hydrogens is 599 g/mol. The van der Waals surface area contributed by atoms with Crippen molar-refractivity contribution >= 4 is 28.8 Å². The zero-order chi connectivity index (χ0) is 33.0. The Labute approximate surface area is 285 Å². The third-order valence-corrected chi connectivity index (χ3v) is 8.57. The lowest BCUT2D eigenvalue weighted by Gasteiger charge is -2.26. The van der Waals surface area contributed by atoms with Crippen molar-refractivity contribution in [2.75, 3.05) is 0 Å². The van der Waals surface area contributed by atoms with E-state index in [1.54, 1.807) is 0 Å². The molecule has 8 rings (SSSR count). The fraction of sp³-hybridized carbons (Fsp3) is 0. The first kappa shape index (κ1) is 29.7. The van der Waals surface area contributed by atoms with Crippen molar-refractivity contribution in [2.45, 2.75) is 0 Å². The molecule has 232 valence electrons. The molecule has 0 aliphatic carbocycles. The molecule has 0 radical (unpaired) electrons. The van der Waals surface area contributed by atoms with Gasteiger partial charge in [-0.25, -0.2) is 15.0 Å². The van der Waals surface area contributed by atoms with Gasteiger partial charge in [0.1, 0.15) is 0 Å². The molecule has 1 aliphatic rings. The Morgan fingerprint density at radius 3 is 1.41 bits per heavy atom. The summed E-state index contributed by atoms with van der Waals surface area (Å²) in [4.78, 5) is 14.6. The summed E-state index contributed by atoms with van der Waals surface area (Å²) in [6.07, 6.45) is 2.17. The second-order valence-corrected chi connectivity index (χ2v) is 11.7. The number of fused-ring (bicyclic) bond motifs is 1. The van der Waals surface area contributed by atoms with Gasteiger partial charge < -0.3 is 5.32 Å².